The summed E-state index contributed by atoms with van der Waals surface area (Å²) in [5.74, 6) is -0.120. The minimum Gasteiger partial charge on any atom is -0.320 e. The lowest BCUT2D eigenvalue weighted by Crippen LogP contribution is -2.13. The molecule has 3 aromatic rings. The van der Waals surface area contributed by atoms with E-state index < -0.39 is 0 Å². The molecule has 1 amide bonds. The average Bonchev–Trinajstić information content (AvgIpc) is 2.47. The van der Waals surface area contributed by atoms with E-state index in [4.69, 9.17) is 0 Å². The van der Waals surface area contributed by atoms with Crippen molar-refractivity contribution in [3.05, 3.63) is 70.3 Å². The summed E-state index contributed by atoms with van der Waals surface area (Å²) in [6, 6.07) is 15.2. The van der Waals surface area contributed by atoms with Crippen molar-refractivity contribution in [2.75, 3.05) is 5.32 Å². The van der Waals surface area contributed by atoms with Gasteiger partial charge in [0.05, 0.1) is 11.2 Å². The fraction of sp³-hybridized carbons (Fsp3) is 0.0588. The van der Waals surface area contributed by atoms with E-state index in [1.807, 2.05) is 55.5 Å². The second kappa shape index (κ2) is 5.66. The smallest absolute Gasteiger partial charge is 0.255 e. The number of rotatable bonds is 2. The maximum absolute atomic E-state index is 12.4. The van der Waals surface area contributed by atoms with E-state index in [1.54, 1.807) is 6.20 Å². The highest BCUT2D eigenvalue weighted by Crippen LogP contribution is 2.24. The molecule has 1 heterocycles. The minimum absolute atomic E-state index is 0.120. The third-order valence-corrected chi connectivity index (χ3v) is 3.75. The van der Waals surface area contributed by atoms with Gasteiger partial charge < -0.3 is 5.32 Å². The van der Waals surface area contributed by atoms with Crippen molar-refractivity contribution >= 4 is 38.4 Å². The Morgan fingerprint density at radius 3 is 2.76 bits per heavy atom. The quantitative estimate of drug-likeness (QED) is 0.743. The largest absolute Gasteiger partial charge is 0.320 e. The van der Waals surface area contributed by atoms with Crippen molar-refractivity contribution in [2.45, 2.75) is 6.92 Å². The third-order valence-electron chi connectivity index (χ3n) is 3.32. The van der Waals surface area contributed by atoms with Gasteiger partial charge in [-0.3, -0.25) is 9.78 Å². The highest BCUT2D eigenvalue weighted by atomic mass is 79.9. The number of nitrogens with one attached hydrogen (secondary N) is 1. The van der Waals surface area contributed by atoms with Crippen LogP contribution in [-0.4, -0.2) is 10.9 Å². The number of hydrogen-bond acceptors (Lipinski definition) is 2. The van der Waals surface area contributed by atoms with Crippen molar-refractivity contribution in [3.8, 4) is 0 Å². The fourth-order valence-corrected chi connectivity index (χ4v) is 2.60. The number of amides is 1. The van der Waals surface area contributed by atoms with E-state index >= 15 is 0 Å². The molecule has 0 saturated heterocycles. The van der Waals surface area contributed by atoms with E-state index in [0.29, 0.717) is 11.3 Å². The molecule has 0 aliphatic rings. The number of para-hydroxylation sites is 1. The van der Waals surface area contributed by atoms with Gasteiger partial charge in [0.15, 0.2) is 0 Å². The second-order valence-electron chi connectivity index (χ2n) is 4.80. The Labute approximate surface area is 131 Å². The highest BCUT2D eigenvalue weighted by molar-refractivity contribution is 9.10. The third kappa shape index (κ3) is 2.81. The second-order valence-corrected chi connectivity index (χ2v) is 5.72. The first-order valence-electron chi connectivity index (χ1n) is 6.56. The van der Waals surface area contributed by atoms with Crippen LogP contribution in [0.25, 0.3) is 10.9 Å². The number of nitrogens with zero attached hydrogens (tertiary/aromatic N) is 1. The molecule has 21 heavy (non-hydrogen) atoms. The normalized spacial score (nSPS) is 10.6. The van der Waals surface area contributed by atoms with Gasteiger partial charge in [-0.2, -0.15) is 0 Å². The molecule has 0 radical (unpaired) electrons. The van der Waals surface area contributed by atoms with Gasteiger partial charge in [0.2, 0.25) is 0 Å². The van der Waals surface area contributed by atoms with E-state index in [1.165, 1.54) is 0 Å². The Balaban J connectivity index is 1.99. The van der Waals surface area contributed by atoms with Crippen LogP contribution in [0.5, 0.6) is 0 Å². The van der Waals surface area contributed by atoms with Gasteiger partial charge in [0.25, 0.3) is 5.91 Å². The Bertz CT molecular complexity index is 830. The molecule has 3 rings (SSSR count). The summed E-state index contributed by atoms with van der Waals surface area (Å²) >= 11 is 3.40. The molecule has 0 bridgehead atoms. The summed E-state index contributed by atoms with van der Waals surface area (Å²) in [4.78, 5) is 16.8. The molecule has 1 aromatic heterocycles. The van der Waals surface area contributed by atoms with Crippen molar-refractivity contribution < 1.29 is 4.79 Å². The first-order valence-corrected chi connectivity index (χ1v) is 7.36. The Hall–Kier alpha value is -2.20. The molecule has 0 aliphatic carbocycles. The van der Waals surface area contributed by atoms with Gasteiger partial charge in [-0.25, -0.2) is 0 Å². The number of anilines is 1. The lowest BCUT2D eigenvalue weighted by Gasteiger charge is -2.09. The topological polar surface area (TPSA) is 42.0 Å². The molecule has 1 N–H and O–H groups in total. The first kappa shape index (κ1) is 13.8. The number of carbonyl (C=O) groups excluding carboxylic acids is 1. The summed E-state index contributed by atoms with van der Waals surface area (Å²) in [5, 5.41) is 3.92. The van der Waals surface area contributed by atoms with E-state index in [2.05, 4.69) is 26.2 Å². The number of carbonyl (C=O) groups is 1. The number of aromatic nitrogens is 1. The monoisotopic (exact) mass is 340 g/mol. The average molecular weight is 341 g/mol. The van der Waals surface area contributed by atoms with Crippen LogP contribution < -0.4 is 5.32 Å². The van der Waals surface area contributed by atoms with Gasteiger partial charge in [-0.05, 0) is 46.6 Å². The van der Waals surface area contributed by atoms with Crippen LogP contribution in [0.4, 0.5) is 5.69 Å². The predicted molar refractivity (Wildman–Crippen MR) is 88.6 cm³/mol. The van der Waals surface area contributed by atoms with Crippen LogP contribution in [0.2, 0.25) is 0 Å². The standard InChI is InChI=1S/C17H13BrN2O/c1-11-5-2-3-7-14(11)17(21)20-15-8-4-6-12-9-13(18)10-19-16(12)15/h2-10H,1H3,(H,20,21). The summed E-state index contributed by atoms with van der Waals surface area (Å²) in [7, 11) is 0. The number of hydrogen-bond donors (Lipinski definition) is 1. The lowest BCUT2D eigenvalue weighted by atomic mass is 10.1. The van der Waals surface area contributed by atoms with Gasteiger partial charge in [0.1, 0.15) is 0 Å². The molecule has 2 aromatic carbocycles. The number of pyridine rings is 1. The highest BCUT2D eigenvalue weighted by Gasteiger charge is 2.11. The van der Waals surface area contributed by atoms with Gasteiger partial charge >= 0.3 is 0 Å². The number of fused-ring (bicyclic) bond motifs is 1. The van der Waals surface area contributed by atoms with Crippen molar-refractivity contribution in [1.82, 2.24) is 4.98 Å². The molecule has 0 saturated carbocycles. The van der Waals surface area contributed by atoms with Crippen LogP contribution in [0, 0.1) is 6.92 Å². The number of halogens is 1. The predicted octanol–water partition coefficient (Wildman–Crippen LogP) is 4.56. The summed E-state index contributed by atoms with van der Waals surface area (Å²) < 4.78 is 0.914. The maximum atomic E-state index is 12.4. The summed E-state index contributed by atoms with van der Waals surface area (Å²) in [6.45, 7) is 1.92. The van der Waals surface area contributed by atoms with Crippen molar-refractivity contribution in [2.24, 2.45) is 0 Å². The molecule has 0 fully saturated rings. The molecular weight excluding hydrogens is 328 g/mol. The zero-order valence-corrected chi connectivity index (χ0v) is 13.0. The van der Waals surface area contributed by atoms with Crippen LogP contribution in [0.15, 0.2) is 59.2 Å². The molecule has 104 valence electrons. The SMILES string of the molecule is Cc1ccccc1C(=O)Nc1cccc2cc(Br)cnc12. The van der Waals surface area contributed by atoms with Gasteiger partial charge in [0, 0.05) is 21.6 Å². The number of benzene rings is 2. The molecule has 4 heteroatoms. The zero-order chi connectivity index (χ0) is 14.8. The lowest BCUT2D eigenvalue weighted by molar-refractivity contribution is 0.102. The molecule has 0 aliphatic heterocycles. The Kier molecular flexibility index (Phi) is 3.71. The molecule has 0 spiro atoms. The molecule has 0 unspecified atom stereocenters. The fourth-order valence-electron chi connectivity index (χ4n) is 2.25. The molecular formula is C17H13BrN2O. The van der Waals surface area contributed by atoms with E-state index in [9.17, 15) is 4.79 Å². The first-order chi connectivity index (χ1) is 10.1. The Morgan fingerprint density at radius 2 is 1.95 bits per heavy atom. The molecule has 3 nitrogen and oxygen atoms in total. The van der Waals surface area contributed by atoms with E-state index in [0.717, 1.165) is 20.9 Å². The van der Waals surface area contributed by atoms with Crippen molar-refractivity contribution in [1.29, 1.82) is 0 Å². The van der Waals surface area contributed by atoms with Gasteiger partial charge in [-0.15, -0.1) is 0 Å². The summed E-state index contributed by atoms with van der Waals surface area (Å²) in [5.41, 5.74) is 3.12. The van der Waals surface area contributed by atoms with E-state index in [-0.39, 0.29) is 5.91 Å². The van der Waals surface area contributed by atoms with Crippen LogP contribution in [0.1, 0.15) is 15.9 Å². The minimum atomic E-state index is -0.120. The summed E-state index contributed by atoms with van der Waals surface area (Å²) in [6.07, 6.45) is 1.73. The van der Waals surface area contributed by atoms with Crippen LogP contribution in [-0.2, 0) is 0 Å². The van der Waals surface area contributed by atoms with Crippen molar-refractivity contribution in [3.63, 3.8) is 0 Å². The Morgan fingerprint density at radius 1 is 1.14 bits per heavy atom. The maximum Gasteiger partial charge on any atom is 0.255 e. The zero-order valence-electron chi connectivity index (χ0n) is 11.4. The van der Waals surface area contributed by atoms with Crippen LogP contribution in [0.3, 0.4) is 0 Å². The van der Waals surface area contributed by atoms with Gasteiger partial charge in [-0.1, -0.05) is 30.3 Å². The molecule has 0 atom stereocenters. The number of aryl methyl sites for hydroxylation is 1. The van der Waals surface area contributed by atoms with Crippen LogP contribution >= 0.6 is 15.9 Å².